The lowest BCUT2D eigenvalue weighted by Gasteiger charge is -2.33. The van der Waals surface area contributed by atoms with Crippen LogP contribution in [-0.4, -0.2) is 9.97 Å². The van der Waals surface area contributed by atoms with Gasteiger partial charge in [0.2, 0.25) is 0 Å². The van der Waals surface area contributed by atoms with E-state index in [4.69, 9.17) is 9.97 Å². The highest BCUT2D eigenvalue weighted by molar-refractivity contribution is 7.25. The van der Waals surface area contributed by atoms with Gasteiger partial charge in [0, 0.05) is 36.9 Å². The lowest BCUT2D eigenvalue weighted by molar-refractivity contribution is 0.768. The molecule has 0 atom stereocenters. The van der Waals surface area contributed by atoms with E-state index in [1.54, 1.807) is 0 Å². The highest BCUT2D eigenvalue weighted by Gasteiger charge is 2.45. The summed E-state index contributed by atoms with van der Waals surface area (Å²) in [5.74, 6) is 0.703. The van der Waals surface area contributed by atoms with Crippen molar-refractivity contribution in [3.8, 4) is 67.3 Å². The van der Waals surface area contributed by atoms with Crippen molar-refractivity contribution in [3.05, 3.63) is 253 Å². The molecule has 0 saturated heterocycles. The monoisotopic (exact) mass is 806 g/mol. The summed E-state index contributed by atoms with van der Waals surface area (Å²) in [7, 11) is 0. The summed E-state index contributed by atoms with van der Waals surface area (Å²) in [5.41, 5.74) is 16.8. The van der Waals surface area contributed by atoms with Gasteiger partial charge in [0.25, 0.3) is 0 Å². The Morgan fingerprint density at radius 1 is 0.306 bits per heavy atom. The average molecular weight is 807 g/mol. The molecule has 0 saturated carbocycles. The SMILES string of the molecule is c1ccc(-c2nc(-c3ccc(-c4ccc5c(c4)-c4ccccc4C5(c4ccccc4)c4ccccc4)cc3)cc(-c3ccccc3-c3ccc4sc5ccccc5c4c3)n2)cc1. The molecular formula is C59H38N2S. The van der Waals surface area contributed by atoms with Crippen molar-refractivity contribution in [1.82, 2.24) is 9.97 Å². The van der Waals surface area contributed by atoms with Crippen LogP contribution in [0.1, 0.15) is 22.3 Å². The summed E-state index contributed by atoms with van der Waals surface area (Å²) in [6, 6.07) is 83.4. The van der Waals surface area contributed by atoms with Gasteiger partial charge in [-0.2, -0.15) is 0 Å². The van der Waals surface area contributed by atoms with Crippen LogP contribution >= 0.6 is 11.3 Å². The first-order chi connectivity index (χ1) is 30.7. The predicted octanol–water partition coefficient (Wildman–Crippen LogP) is 15.5. The number of fused-ring (bicyclic) bond motifs is 6. The molecule has 2 heterocycles. The molecule has 0 aliphatic heterocycles. The van der Waals surface area contributed by atoms with Gasteiger partial charge >= 0.3 is 0 Å². The third-order valence-corrected chi connectivity index (χ3v) is 13.8. The predicted molar refractivity (Wildman–Crippen MR) is 259 cm³/mol. The molecule has 2 nitrogen and oxygen atoms in total. The van der Waals surface area contributed by atoms with Gasteiger partial charge in [-0.15, -0.1) is 11.3 Å². The molecule has 0 bridgehead atoms. The molecule has 11 aromatic rings. The van der Waals surface area contributed by atoms with E-state index in [9.17, 15) is 0 Å². The van der Waals surface area contributed by atoms with Crippen molar-refractivity contribution in [3.63, 3.8) is 0 Å². The second-order valence-electron chi connectivity index (χ2n) is 16.0. The Balaban J connectivity index is 0.956. The van der Waals surface area contributed by atoms with Crippen molar-refractivity contribution in [2.24, 2.45) is 0 Å². The van der Waals surface area contributed by atoms with Crippen LogP contribution in [0, 0.1) is 0 Å². The Morgan fingerprint density at radius 2 is 0.855 bits per heavy atom. The Kier molecular flexibility index (Phi) is 8.62. The maximum absolute atomic E-state index is 5.25. The van der Waals surface area contributed by atoms with Gasteiger partial charge in [-0.05, 0) is 86.0 Å². The molecule has 9 aromatic carbocycles. The van der Waals surface area contributed by atoms with Gasteiger partial charge < -0.3 is 0 Å². The van der Waals surface area contributed by atoms with Crippen molar-refractivity contribution in [1.29, 1.82) is 0 Å². The molecule has 1 aliphatic rings. The third-order valence-electron chi connectivity index (χ3n) is 12.6. The molecule has 12 rings (SSSR count). The highest BCUT2D eigenvalue weighted by Crippen LogP contribution is 2.56. The molecule has 0 unspecified atom stereocenters. The summed E-state index contributed by atoms with van der Waals surface area (Å²) < 4.78 is 2.60. The van der Waals surface area contributed by atoms with Gasteiger partial charge in [0.15, 0.2) is 5.82 Å². The van der Waals surface area contributed by atoms with Gasteiger partial charge in [-0.1, -0.05) is 200 Å². The standard InChI is InChI=1S/C59H38N2S/c1-4-16-41(17-5-1)58-60-54(38-55(61-58)48-24-11-10-22-46(48)43-33-35-57-51(37-43)49-25-13-15-27-56(49)62-57)40-30-28-39(29-31-40)42-32-34-53-50(36-42)47-23-12-14-26-52(47)59(53,44-18-6-2-7-19-44)45-20-8-3-9-21-45/h1-38H. The summed E-state index contributed by atoms with van der Waals surface area (Å²) in [5, 5.41) is 2.58. The second-order valence-corrected chi connectivity index (χ2v) is 17.1. The molecule has 0 N–H and O–H groups in total. The van der Waals surface area contributed by atoms with Crippen LogP contribution in [0.5, 0.6) is 0 Å². The van der Waals surface area contributed by atoms with Crippen LogP contribution < -0.4 is 0 Å². The van der Waals surface area contributed by atoms with Crippen LogP contribution in [0.15, 0.2) is 231 Å². The fourth-order valence-corrected chi connectivity index (χ4v) is 10.8. The van der Waals surface area contributed by atoms with E-state index in [0.717, 1.165) is 39.2 Å². The van der Waals surface area contributed by atoms with Gasteiger partial charge in [-0.25, -0.2) is 9.97 Å². The summed E-state index contributed by atoms with van der Waals surface area (Å²) in [4.78, 5) is 10.5. The van der Waals surface area contributed by atoms with Gasteiger partial charge in [0.05, 0.1) is 16.8 Å². The smallest absolute Gasteiger partial charge is 0.160 e. The quantitative estimate of drug-likeness (QED) is 0.160. The highest BCUT2D eigenvalue weighted by atomic mass is 32.1. The normalized spacial score (nSPS) is 12.6. The summed E-state index contributed by atoms with van der Waals surface area (Å²) in [6.07, 6.45) is 0. The third kappa shape index (κ3) is 5.85. The zero-order chi connectivity index (χ0) is 41.0. The first kappa shape index (κ1) is 36.2. The molecule has 3 heteroatoms. The van der Waals surface area contributed by atoms with Crippen molar-refractivity contribution in [2.45, 2.75) is 5.41 Å². The largest absolute Gasteiger partial charge is 0.228 e. The van der Waals surface area contributed by atoms with Crippen LogP contribution in [-0.2, 0) is 5.41 Å². The molecule has 62 heavy (non-hydrogen) atoms. The van der Waals surface area contributed by atoms with E-state index < -0.39 is 5.41 Å². The maximum Gasteiger partial charge on any atom is 0.160 e. The zero-order valence-corrected chi connectivity index (χ0v) is 34.6. The molecule has 0 amide bonds. The number of benzene rings is 9. The number of nitrogens with zero attached hydrogens (tertiary/aromatic N) is 2. The van der Waals surface area contributed by atoms with E-state index >= 15 is 0 Å². The molecule has 1 aliphatic carbocycles. The Hall–Kier alpha value is -7.72. The average Bonchev–Trinajstić information content (AvgIpc) is 3.88. The Morgan fingerprint density at radius 3 is 1.61 bits per heavy atom. The number of thiophene rings is 1. The van der Waals surface area contributed by atoms with Crippen LogP contribution in [0.4, 0.5) is 0 Å². The minimum absolute atomic E-state index is 0.415. The topological polar surface area (TPSA) is 25.8 Å². The maximum atomic E-state index is 5.25. The van der Waals surface area contributed by atoms with E-state index in [1.165, 1.54) is 64.7 Å². The van der Waals surface area contributed by atoms with Gasteiger partial charge in [0.1, 0.15) is 0 Å². The molecular weight excluding hydrogens is 769 g/mol. The van der Waals surface area contributed by atoms with Crippen LogP contribution in [0.25, 0.3) is 87.5 Å². The fourth-order valence-electron chi connectivity index (χ4n) is 9.76. The van der Waals surface area contributed by atoms with E-state index in [1.807, 2.05) is 29.5 Å². The van der Waals surface area contributed by atoms with E-state index in [2.05, 4.69) is 212 Å². The first-order valence-electron chi connectivity index (χ1n) is 21.1. The number of rotatable bonds is 7. The lowest BCUT2D eigenvalue weighted by Crippen LogP contribution is -2.28. The van der Waals surface area contributed by atoms with E-state index in [-0.39, 0.29) is 0 Å². The minimum Gasteiger partial charge on any atom is -0.228 e. The number of aromatic nitrogens is 2. The number of hydrogen-bond donors (Lipinski definition) is 0. The molecule has 0 spiro atoms. The van der Waals surface area contributed by atoms with Crippen molar-refractivity contribution >= 4 is 31.5 Å². The fraction of sp³-hybridized carbons (Fsp3) is 0.0169. The minimum atomic E-state index is -0.415. The second kappa shape index (κ2) is 14.8. The number of hydrogen-bond acceptors (Lipinski definition) is 3. The summed E-state index contributed by atoms with van der Waals surface area (Å²) in [6.45, 7) is 0. The lowest BCUT2D eigenvalue weighted by atomic mass is 9.67. The molecule has 2 aromatic heterocycles. The van der Waals surface area contributed by atoms with Crippen molar-refractivity contribution < 1.29 is 0 Å². The van der Waals surface area contributed by atoms with E-state index in [0.29, 0.717) is 5.82 Å². The van der Waals surface area contributed by atoms with Crippen LogP contribution in [0.3, 0.4) is 0 Å². The van der Waals surface area contributed by atoms with Crippen LogP contribution in [0.2, 0.25) is 0 Å². The molecule has 0 radical (unpaired) electrons. The Bertz CT molecular complexity index is 3400. The summed E-state index contributed by atoms with van der Waals surface area (Å²) >= 11 is 1.84. The van der Waals surface area contributed by atoms with Gasteiger partial charge in [-0.3, -0.25) is 0 Å². The molecule has 290 valence electrons. The molecule has 0 fully saturated rings. The first-order valence-corrected chi connectivity index (χ1v) is 22.0. The Labute approximate surface area is 365 Å². The van der Waals surface area contributed by atoms with Crippen molar-refractivity contribution in [2.75, 3.05) is 0 Å². The zero-order valence-electron chi connectivity index (χ0n) is 33.7.